The zero-order chi connectivity index (χ0) is 12.1. The van der Waals surface area contributed by atoms with Gasteiger partial charge in [0.1, 0.15) is 0 Å². The Morgan fingerprint density at radius 1 is 1.12 bits per heavy atom. The van der Waals surface area contributed by atoms with Crippen LogP contribution in [0.3, 0.4) is 0 Å². The average molecular weight is 238 g/mol. The van der Waals surface area contributed by atoms with E-state index in [4.69, 9.17) is 5.73 Å². The second-order valence-electron chi connectivity index (χ2n) is 5.79. The molecule has 0 saturated heterocycles. The van der Waals surface area contributed by atoms with Crippen molar-refractivity contribution in [3.8, 4) is 0 Å². The van der Waals surface area contributed by atoms with Crippen LogP contribution in [0.2, 0.25) is 0 Å². The van der Waals surface area contributed by atoms with Crippen LogP contribution in [0.4, 0.5) is 0 Å². The van der Waals surface area contributed by atoms with Crippen LogP contribution < -0.4 is 11.1 Å². The quantitative estimate of drug-likeness (QED) is 0.771. The van der Waals surface area contributed by atoms with Crippen molar-refractivity contribution >= 4 is 5.91 Å². The van der Waals surface area contributed by atoms with Gasteiger partial charge in [0.2, 0.25) is 5.91 Å². The molecule has 0 bridgehead atoms. The lowest BCUT2D eigenvalue weighted by Gasteiger charge is -2.31. The van der Waals surface area contributed by atoms with E-state index in [9.17, 15) is 4.79 Å². The Kier molecular flexibility index (Phi) is 4.84. The molecule has 0 radical (unpaired) electrons. The molecule has 3 N–H and O–H groups in total. The topological polar surface area (TPSA) is 55.1 Å². The van der Waals surface area contributed by atoms with Gasteiger partial charge in [-0.3, -0.25) is 4.79 Å². The molecule has 0 aromatic carbocycles. The van der Waals surface area contributed by atoms with Crippen LogP contribution >= 0.6 is 0 Å². The molecule has 0 aromatic rings. The lowest BCUT2D eigenvalue weighted by molar-refractivity contribution is -0.122. The van der Waals surface area contributed by atoms with E-state index in [1.165, 1.54) is 38.5 Å². The fourth-order valence-electron chi connectivity index (χ4n) is 3.08. The van der Waals surface area contributed by atoms with Crippen molar-refractivity contribution in [3.05, 3.63) is 0 Å². The molecule has 17 heavy (non-hydrogen) atoms. The van der Waals surface area contributed by atoms with Crippen LogP contribution in [0.5, 0.6) is 0 Å². The molecule has 0 aliphatic heterocycles. The number of nitrogens with two attached hydrogens (primary N) is 1. The maximum Gasteiger partial charge on any atom is 0.220 e. The van der Waals surface area contributed by atoms with Crippen molar-refractivity contribution in [1.29, 1.82) is 0 Å². The van der Waals surface area contributed by atoms with E-state index in [1.54, 1.807) is 0 Å². The minimum Gasteiger partial charge on any atom is -0.353 e. The third-order valence-corrected chi connectivity index (χ3v) is 4.56. The summed E-state index contributed by atoms with van der Waals surface area (Å²) in [6.45, 7) is 0.716. The van der Waals surface area contributed by atoms with E-state index < -0.39 is 0 Å². The van der Waals surface area contributed by atoms with Gasteiger partial charge in [-0.15, -0.1) is 0 Å². The van der Waals surface area contributed by atoms with Crippen LogP contribution in [-0.4, -0.2) is 18.5 Å². The molecule has 0 heterocycles. The first kappa shape index (κ1) is 12.9. The molecule has 2 saturated carbocycles. The fraction of sp³-hybridized carbons (Fsp3) is 0.929. The van der Waals surface area contributed by atoms with Gasteiger partial charge in [0.15, 0.2) is 0 Å². The smallest absolute Gasteiger partial charge is 0.220 e. The highest BCUT2D eigenvalue weighted by Crippen LogP contribution is 2.30. The first-order chi connectivity index (χ1) is 8.29. The predicted octanol–water partition coefficient (Wildman–Crippen LogP) is 2.20. The Balaban J connectivity index is 1.68. The third kappa shape index (κ3) is 3.70. The van der Waals surface area contributed by atoms with E-state index in [1.807, 2.05) is 0 Å². The summed E-state index contributed by atoms with van der Waals surface area (Å²) >= 11 is 0. The normalized spacial score (nSPS) is 29.7. The second kappa shape index (κ2) is 6.39. The summed E-state index contributed by atoms with van der Waals surface area (Å²) in [6.07, 6.45) is 10.7. The van der Waals surface area contributed by atoms with Crippen LogP contribution in [0.25, 0.3) is 0 Å². The molecule has 2 rings (SSSR count). The van der Waals surface area contributed by atoms with Crippen molar-refractivity contribution in [2.45, 2.75) is 63.8 Å². The largest absolute Gasteiger partial charge is 0.353 e. The molecule has 2 atom stereocenters. The van der Waals surface area contributed by atoms with Gasteiger partial charge in [0.25, 0.3) is 0 Å². The van der Waals surface area contributed by atoms with E-state index in [-0.39, 0.29) is 5.91 Å². The summed E-state index contributed by atoms with van der Waals surface area (Å²) in [4.78, 5) is 11.9. The van der Waals surface area contributed by atoms with Crippen molar-refractivity contribution < 1.29 is 4.79 Å². The van der Waals surface area contributed by atoms with Gasteiger partial charge >= 0.3 is 0 Å². The number of hydrogen-bond donors (Lipinski definition) is 2. The molecule has 0 aromatic heterocycles. The van der Waals surface area contributed by atoms with Crippen molar-refractivity contribution in [2.75, 3.05) is 6.54 Å². The molecule has 3 heteroatoms. The van der Waals surface area contributed by atoms with E-state index in [0.29, 0.717) is 18.5 Å². The van der Waals surface area contributed by atoms with Crippen LogP contribution in [0, 0.1) is 11.8 Å². The third-order valence-electron chi connectivity index (χ3n) is 4.56. The summed E-state index contributed by atoms with van der Waals surface area (Å²) < 4.78 is 0. The first-order valence-electron chi connectivity index (χ1n) is 7.29. The predicted molar refractivity (Wildman–Crippen MR) is 69.5 cm³/mol. The fourth-order valence-corrected chi connectivity index (χ4v) is 3.08. The van der Waals surface area contributed by atoms with E-state index >= 15 is 0 Å². The summed E-state index contributed by atoms with van der Waals surface area (Å²) in [5, 5.41) is 3.20. The maximum atomic E-state index is 11.9. The summed E-state index contributed by atoms with van der Waals surface area (Å²) in [5.41, 5.74) is 5.77. The Morgan fingerprint density at radius 2 is 1.88 bits per heavy atom. The molecule has 3 nitrogen and oxygen atoms in total. The zero-order valence-electron chi connectivity index (χ0n) is 10.8. The molecule has 98 valence electrons. The second-order valence-corrected chi connectivity index (χ2v) is 5.79. The number of hydrogen-bond acceptors (Lipinski definition) is 2. The number of nitrogens with one attached hydrogen (secondary N) is 1. The van der Waals surface area contributed by atoms with Gasteiger partial charge in [-0.2, -0.15) is 0 Å². The SMILES string of the molecule is NCC1CCCCC1NC(=O)CCC1CCC1. The minimum atomic E-state index is 0.252. The Bertz CT molecular complexity index is 251. The van der Waals surface area contributed by atoms with E-state index in [0.717, 1.165) is 25.2 Å². The molecule has 0 spiro atoms. The number of carbonyl (C=O) groups is 1. The number of rotatable bonds is 5. The lowest BCUT2D eigenvalue weighted by Crippen LogP contribution is -2.44. The lowest BCUT2D eigenvalue weighted by atomic mass is 9.81. The standard InChI is InChI=1S/C14H26N2O/c15-10-12-6-1-2-7-13(12)16-14(17)9-8-11-4-3-5-11/h11-13H,1-10,15H2,(H,16,17). The molecule has 2 aliphatic rings. The van der Waals surface area contributed by atoms with Gasteiger partial charge < -0.3 is 11.1 Å². The molecular weight excluding hydrogens is 212 g/mol. The van der Waals surface area contributed by atoms with Crippen LogP contribution in [0.15, 0.2) is 0 Å². The first-order valence-corrected chi connectivity index (χ1v) is 7.29. The average Bonchev–Trinajstić information content (AvgIpc) is 2.27. The zero-order valence-corrected chi connectivity index (χ0v) is 10.8. The highest BCUT2D eigenvalue weighted by molar-refractivity contribution is 5.76. The Hall–Kier alpha value is -0.570. The molecule has 2 fully saturated rings. The van der Waals surface area contributed by atoms with Crippen molar-refractivity contribution in [1.82, 2.24) is 5.32 Å². The number of carbonyl (C=O) groups excluding carboxylic acids is 1. The monoisotopic (exact) mass is 238 g/mol. The van der Waals surface area contributed by atoms with Gasteiger partial charge in [0, 0.05) is 12.5 Å². The van der Waals surface area contributed by atoms with Crippen molar-refractivity contribution in [3.63, 3.8) is 0 Å². The van der Waals surface area contributed by atoms with E-state index in [2.05, 4.69) is 5.32 Å². The molecule has 2 unspecified atom stereocenters. The molecule has 2 aliphatic carbocycles. The highest BCUT2D eigenvalue weighted by Gasteiger charge is 2.25. The summed E-state index contributed by atoms with van der Waals surface area (Å²) in [6, 6.07) is 0.350. The molecule has 1 amide bonds. The van der Waals surface area contributed by atoms with Gasteiger partial charge in [-0.05, 0) is 37.6 Å². The Labute approximate surface area is 105 Å². The van der Waals surface area contributed by atoms with Crippen LogP contribution in [-0.2, 0) is 4.79 Å². The Morgan fingerprint density at radius 3 is 2.53 bits per heavy atom. The van der Waals surface area contributed by atoms with Crippen molar-refractivity contribution in [2.24, 2.45) is 17.6 Å². The van der Waals surface area contributed by atoms with Gasteiger partial charge in [-0.1, -0.05) is 32.1 Å². The minimum absolute atomic E-state index is 0.252. The summed E-state index contributed by atoms with van der Waals surface area (Å²) in [7, 11) is 0. The van der Waals surface area contributed by atoms with Crippen LogP contribution in [0.1, 0.15) is 57.8 Å². The maximum absolute atomic E-state index is 11.9. The highest BCUT2D eigenvalue weighted by atomic mass is 16.1. The van der Waals surface area contributed by atoms with Gasteiger partial charge in [0.05, 0.1) is 0 Å². The van der Waals surface area contributed by atoms with Gasteiger partial charge in [-0.25, -0.2) is 0 Å². The molecular formula is C14H26N2O. The number of amides is 1. The summed E-state index contributed by atoms with van der Waals surface area (Å²) in [5.74, 6) is 1.59.